The van der Waals surface area contributed by atoms with E-state index in [4.69, 9.17) is 9.47 Å². The van der Waals surface area contributed by atoms with Gasteiger partial charge < -0.3 is 14.6 Å². The number of aliphatic hydroxyl groups excluding tert-OH is 1. The first kappa shape index (κ1) is 21.4. The lowest BCUT2D eigenvalue weighted by Gasteiger charge is -2.25. The monoisotopic (exact) mass is 353 g/mol. The van der Waals surface area contributed by atoms with Gasteiger partial charge in [-0.05, 0) is 39.5 Å². The predicted octanol–water partition coefficient (Wildman–Crippen LogP) is 3.06. The van der Waals surface area contributed by atoms with Crippen LogP contribution in [0.25, 0.3) is 0 Å². The van der Waals surface area contributed by atoms with Crippen LogP contribution in [0, 0.1) is 5.92 Å². The molecule has 142 valence electrons. The van der Waals surface area contributed by atoms with Crippen LogP contribution in [-0.2, 0) is 14.3 Å². The molecule has 0 saturated carbocycles. The van der Waals surface area contributed by atoms with E-state index >= 15 is 0 Å². The minimum absolute atomic E-state index is 0.0759. The summed E-state index contributed by atoms with van der Waals surface area (Å²) in [7, 11) is 0. The third-order valence-corrected chi connectivity index (χ3v) is 4.17. The Morgan fingerprint density at radius 3 is 2.60 bits per heavy atom. The van der Waals surface area contributed by atoms with Crippen LogP contribution >= 0.6 is 0 Å². The lowest BCUT2D eigenvalue weighted by molar-refractivity contribution is -0.143. The number of ether oxygens (including phenoxy) is 2. The Morgan fingerprint density at radius 2 is 2.04 bits per heavy atom. The SMILES string of the molecule is CC(C)=CCC/C(C)=C\CO[C@H](CO)C(=O)N1C(=O)OC[C@@H]1C(C)C. The van der Waals surface area contributed by atoms with E-state index < -0.39 is 24.7 Å². The molecule has 1 fully saturated rings. The summed E-state index contributed by atoms with van der Waals surface area (Å²) in [5, 5.41) is 9.48. The molecule has 2 atom stereocenters. The number of nitrogens with zero attached hydrogens (tertiary/aromatic N) is 1. The predicted molar refractivity (Wildman–Crippen MR) is 96.1 cm³/mol. The Morgan fingerprint density at radius 1 is 1.36 bits per heavy atom. The first-order valence-corrected chi connectivity index (χ1v) is 8.79. The minimum atomic E-state index is -1.06. The molecule has 1 rings (SSSR count). The Bertz CT molecular complexity index is 520. The molecule has 6 nitrogen and oxygen atoms in total. The van der Waals surface area contributed by atoms with Crippen molar-refractivity contribution in [1.82, 2.24) is 4.90 Å². The van der Waals surface area contributed by atoms with Gasteiger partial charge in [-0.1, -0.05) is 37.1 Å². The summed E-state index contributed by atoms with van der Waals surface area (Å²) >= 11 is 0. The van der Waals surface area contributed by atoms with Crippen molar-refractivity contribution in [2.75, 3.05) is 19.8 Å². The number of hydrogen-bond acceptors (Lipinski definition) is 5. The van der Waals surface area contributed by atoms with E-state index in [0.29, 0.717) is 0 Å². The molecule has 1 aliphatic heterocycles. The number of hydrogen-bond donors (Lipinski definition) is 1. The highest BCUT2D eigenvalue weighted by Gasteiger charge is 2.42. The third kappa shape index (κ3) is 6.63. The molecule has 0 aromatic carbocycles. The molecule has 1 N–H and O–H groups in total. The van der Waals surface area contributed by atoms with Crippen molar-refractivity contribution in [2.24, 2.45) is 5.92 Å². The molecule has 1 saturated heterocycles. The van der Waals surface area contributed by atoms with Crippen LogP contribution < -0.4 is 0 Å². The molecule has 1 heterocycles. The van der Waals surface area contributed by atoms with Gasteiger partial charge in [-0.15, -0.1) is 0 Å². The second kappa shape index (κ2) is 10.4. The van der Waals surface area contributed by atoms with Crippen LogP contribution in [0.1, 0.15) is 47.5 Å². The molecule has 6 heteroatoms. The summed E-state index contributed by atoms with van der Waals surface area (Å²) in [4.78, 5) is 25.5. The number of carbonyl (C=O) groups excluding carboxylic acids is 2. The highest BCUT2D eigenvalue weighted by atomic mass is 16.6. The van der Waals surface area contributed by atoms with Crippen molar-refractivity contribution in [3.63, 3.8) is 0 Å². The van der Waals surface area contributed by atoms with Crippen LogP contribution in [0.2, 0.25) is 0 Å². The van der Waals surface area contributed by atoms with Gasteiger partial charge in [-0.2, -0.15) is 0 Å². The van der Waals surface area contributed by atoms with E-state index in [9.17, 15) is 14.7 Å². The lowest BCUT2D eigenvalue weighted by Crippen LogP contribution is -2.48. The lowest BCUT2D eigenvalue weighted by atomic mass is 10.0. The van der Waals surface area contributed by atoms with Crippen molar-refractivity contribution >= 4 is 12.0 Å². The van der Waals surface area contributed by atoms with Crippen LogP contribution in [0.4, 0.5) is 4.79 Å². The van der Waals surface area contributed by atoms with Crippen molar-refractivity contribution in [2.45, 2.75) is 59.6 Å². The highest BCUT2D eigenvalue weighted by molar-refractivity contribution is 5.96. The van der Waals surface area contributed by atoms with Crippen LogP contribution in [0.5, 0.6) is 0 Å². The average molecular weight is 353 g/mol. The fourth-order valence-corrected chi connectivity index (χ4v) is 2.53. The number of amides is 2. The molecular weight excluding hydrogens is 322 g/mol. The van der Waals surface area contributed by atoms with Gasteiger partial charge in [0.15, 0.2) is 6.10 Å². The van der Waals surface area contributed by atoms with Crippen molar-refractivity contribution in [1.29, 1.82) is 0 Å². The molecule has 0 unspecified atom stereocenters. The number of rotatable bonds is 9. The smallest absolute Gasteiger partial charge is 0.417 e. The second-order valence-electron chi connectivity index (χ2n) is 6.97. The zero-order chi connectivity index (χ0) is 19.0. The summed E-state index contributed by atoms with van der Waals surface area (Å²) in [6, 6.07) is -0.320. The summed E-state index contributed by atoms with van der Waals surface area (Å²) in [5.41, 5.74) is 2.44. The van der Waals surface area contributed by atoms with Gasteiger partial charge in [0, 0.05) is 0 Å². The average Bonchev–Trinajstić information content (AvgIpc) is 2.92. The van der Waals surface area contributed by atoms with Gasteiger partial charge in [-0.3, -0.25) is 4.79 Å². The van der Waals surface area contributed by atoms with Crippen LogP contribution in [0.3, 0.4) is 0 Å². The Hall–Kier alpha value is -1.66. The zero-order valence-electron chi connectivity index (χ0n) is 15.9. The third-order valence-electron chi connectivity index (χ3n) is 4.17. The van der Waals surface area contributed by atoms with E-state index in [1.807, 2.05) is 26.8 Å². The van der Waals surface area contributed by atoms with E-state index in [0.717, 1.165) is 23.3 Å². The standard InChI is InChI=1S/C19H31NO5/c1-13(2)7-6-8-15(5)9-10-24-17(11-21)18(22)20-16(14(3)4)12-25-19(20)23/h7,9,14,16-17,21H,6,8,10-12H2,1-5H3/b15-9-/t16-,17-/m1/s1. The van der Waals surface area contributed by atoms with Crippen molar-refractivity contribution < 1.29 is 24.2 Å². The largest absolute Gasteiger partial charge is 0.447 e. The molecule has 0 radical (unpaired) electrons. The molecule has 1 aliphatic rings. The number of allylic oxidation sites excluding steroid dienone is 3. The Kier molecular flexibility index (Phi) is 8.86. The van der Waals surface area contributed by atoms with Crippen LogP contribution in [-0.4, -0.2) is 54.0 Å². The zero-order valence-corrected chi connectivity index (χ0v) is 15.9. The molecule has 0 aromatic rings. The van der Waals surface area contributed by atoms with E-state index in [1.165, 1.54) is 5.57 Å². The molecule has 25 heavy (non-hydrogen) atoms. The normalized spacial score (nSPS) is 19.2. The van der Waals surface area contributed by atoms with Crippen molar-refractivity contribution in [3.8, 4) is 0 Å². The minimum Gasteiger partial charge on any atom is -0.447 e. The summed E-state index contributed by atoms with van der Waals surface area (Å²) in [6.45, 7) is 9.89. The maximum absolute atomic E-state index is 12.5. The quantitative estimate of drug-likeness (QED) is 0.645. The number of imide groups is 1. The second-order valence-corrected chi connectivity index (χ2v) is 6.97. The number of carbonyl (C=O) groups is 2. The molecule has 2 amide bonds. The maximum Gasteiger partial charge on any atom is 0.417 e. The van der Waals surface area contributed by atoms with E-state index in [1.54, 1.807) is 0 Å². The Balaban J connectivity index is 2.59. The van der Waals surface area contributed by atoms with Gasteiger partial charge in [0.05, 0.1) is 19.3 Å². The van der Waals surface area contributed by atoms with E-state index in [2.05, 4.69) is 19.9 Å². The van der Waals surface area contributed by atoms with Crippen LogP contribution in [0.15, 0.2) is 23.3 Å². The van der Waals surface area contributed by atoms with Crippen molar-refractivity contribution in [3.05, 3.63) is 23.3 Å². The summed E-state index contributed by atoms with van der Waals surface area (Å²) in [6.07, 6.45) is 4.22. The Labute approximate surface area is 150 Å². The van der Waals surface area contributed by atoms with Gasteiger partial charge in [0.2, 0.25) is 0 Å². The fourth-order valence-electron chi connectivity index (χ4n) is 2.53. The molecule has 0 aromatic heterocycles. The van der Waals surface area contributed by atoms with Gasteiger partial charge in [0.25, 0.3) is 5.91 Å². The highest BCUT2D eigenvalue weighted by Crippen LogP contribution is 2.21. The molecule has 0 aliphatic carbocycles. The molecule has 0 bridgehead atoms. The number of cyclic esters (lactones) is 1. The van der Waals surface area contributed by atoms with Gasteiger partial charge >= 0.3 is 6.09 Å². The van der Waals surface area contributed by atoms with Gasteiger partial charge in [-0.25, -0.2) is 9.69 Å². The van der Waals surface area contributed by atoms with Gasteiger partial charge in [0.1, 0.15) is 6.61 Å². The molecule has 0 spiro atoms. The first-order chi connectivity index (χ1) is 11.8. The summed E-state index contributed by atoms with van der Waals surface area (Å²) < 4.78 is 10.5. The summed E-state index contributed by atoms with van der Waals surface area (Å²) in [5.74, 6) is -0.466. The number of aliphatic hydroxyl groups is 1. The van der Waals surface area contributed by atoms with E-state index in [-0.39, 0.29) is 25.2 Å². The molecular formula is C19H31NO5. The first-order valence-electron chi connectivity index (χ1n) is 8.79. The maximum atomic E-state index is 12.5. The fraction of sp³-hybridized carbons (Fsp3) is 0.684. The topological polar surface area (TPSA) is 76.1 Å².